The largest absolute Gasteiger partial charge is 0.261 e. The molecule has 2 nitrogen and oxygen atoms in total. The Bertz CT molecular complexity index is 435. The van der Waals surface area contributed by atoms with E-state index in [0.29, 0.717) is 0 Å². The quantitative estimate of drug-likeness (QED) is 0.660. The molecule has 0 spiro atoms. The highest BCUT2D eigenvalue weighted by Crippen LogP contribution is 2.15. The summed E-state index contributed by atoms with van der Waals surface area (Å²) in [4.78, 5) is 8.76. The summed E-state index contributed by atoms with van der Waals surface area (Å²) in [6.45, 7) is 4.12. The summed E-state index contributed by atoms with van der Waals surface area (Å²) >= 11 is 0. The lowest BCUT2D eigenvalue weighted by Crippen LogP contribution is -1.91. The van der Waals surface area contributed by atoms with Gasteiger partial charge in [0.1, 0.15) is 0 Å². The van der Waals surface area contributed by atoms with Gasteiger partial charge in [-0.05, 0) is 31.5 Å². The molecule has 0 bridgehead atoms. The highest BCUT2D eigenvalue weighted by Gasteiger charge is 2.00. The minimum Gasteiger partial charge on any atom is -0.261 e. The van der Waals surface area contributed by atoms with E-state index in [4.69, 9.17) is 0 Å². The molecule has 13 heavy (non-hydrogen) atoms. The molecule has 0 aromatic carbocycles. The first-order valence-corrected chi connectivity index (χ1v) is 4.52. The third-order valence-corrected chi connectivity index (χ3v) is 2.17. The van der Waals surface area contributed by atoms with E-state index in [2.05, 4.69) is 23.0 Å². The second kappa shape index (κ2) is 3.13. The Balaban J connectivity index is 2.77. The van der Waals surface area contributed by atoms with Crippen molar-refractivity contribution < 1.29 is 0 Å². The number of aromatic nitrogens is 2. The molecule has 0 atom stereocenters. The Labute approximate surface area is 77.6 Å². The molecule has 0 aliphatic carbocycles. The molecule has 2 heteroatoms. The standard InChI is InChI=1S/C11H12N2/c1-3-10-9-5-4-8(2)13-11(9)6-7-12-10/h4-7H,3H2,1-2H3. The van der Waals surface area contributed by atoms with Crippen molar-refractivity contribution in [2.75, 3.05) is 0 Å². The van der Waals surface area contributed by atoms with Crippen LogP contribution in [-0.2, 0) is 6.42 Å². The van der Waals surface area contributed by atoms with Crippen LogP contribution in [0.15, 0.2) is 24.4 Å². The summed E-state index contributed by atoms with van der Waals surface area (Å²) in [5, 5.41) is 1.18. The van der Waals surface area contributed by atoms with Crippen LogP contribution < -0.4 is 0 Å². The SMILES string of the molecule is CCc1nccc2nc(C)ccc12. The Morgan fingerprint density at radius 1 is 1.23 bits per heavy atom. The predicted octanol–water partition coefficient (Wildman–Crippen LogP) is 2.50. The third-order valence-electron chi connectivity index (χ3n) is 2.17. The van der Waals surface area contributed by atoms with Crippen LogP contribution in [-0.4, -0.2) is 9.97 Å². The van der Waals surface area contributed by atoms with Crippen LogP contribution in [0.4, 0.5) is 0 Å². The Morgan fingerprint density at radius 3 is 2.85 bits per heavy atom. The molecule has 0 radical (unpaired) electrons. The van der Waals surface area contributed by atoms with Gasteiger partial charge in [-0.3, -0.25) is 9.97 Å². The van der Waals surface area contributed by atoms with E-state index in [1.165, 1.54) is 5.39 Å². The lowest BCUT2D eigenvalue weighted by molar-refractivity contribution is 1.05. The number of hydrogen-bond acceptors (Lipinski definition) is 2. The first kappa shape index (κ1) is 8.17. The fraction of sp³-hybridized carbons (Fsp3) is 0.273. The van der Waals surface area contributed by atoms with Crippen molar-refractivity contribution in [2.24, 2.45) is 0 Å². The summed E-state index contributed by atoms with van der Waals surface area (Å²) in [7, 11) is 0. The van der Waals surface area contributed by atoms with Crippen LogP contribution in [0.5, 0.6) is 0 Å². The second-order valence-electron chi connectivity index (χ2n) is 3.13. The molecule has 0 saturated heterocycles. The van der Waals surface area contributed by atoms with Crippen molar-refractivity contribution in [1.82, 2.24) is 9.97 Å². The molecule has 0 amide bonds. The zero-order valence-electron chi connectivity index (χ0n) is 7.91. The third kappa shape index (κ3) is 1.39. The Kier molecular flexibility index (Phi) is 1.97. The number of pyridine rings is 2. The van der Waals surface area contributed by atoms with E-state index in [-0.39, 0.29) is 0 Å². The molecule has 2 aromatic heterocycles. The van der Waals surface area contributed by atoms with Crippen LogP contribution in [0.3, 0.4) is 0 Å². The van der Waals surface area contributed by atoms with Crippen molar-refractivity contribution >= 4 is 10.9 Å². The molecule has 2 heterocycles. The van der Waals surface area contributed by atoms with Crippen LogP contribution >= 0.6 is 0 Å². The Hall–Kier alpha value is -1.44. The van der Waals surface area contributed by atoms with Crippen LogP contribution in [0.25, 0.3) is 10.9 Å². The van der Waals surface area contributed by atoms with Gasteiger partial charge < -0.3 is 0 Å². The summed E-state index contributed by atoms with van der Waals surface area (Å²) < 4.78 is 0. The topological polar surface area (TPSA) is 25.8 Å². The minimum atomic E-state index is 0.960. The average molecular weight is 172 g/mol. The molecule has 0 N–H and O–H groups in total. The maximum absolute atomic E-state index is 4.44. The van der Waals surface area contributed by atoms with E-state index in [0.717, 1.165) is 23.3 Å². The molecule has 2 aromatic rings. The van der Waals surface area contributed by atoms with Crippen molar-refractivity contribution in [1.29, 1.82) is 0 Å². The first-order valence-electron chi connectivity index (χ1n) is 4.52. The lowest BCUT2D eigenvalue weighted by atomic mass is 10.1. The van der Waals surface area contributed by atoms with Gasteiger partial charge in [-0.25, -0.2) is 0 Å². The molecule has 0 aliphatic rings. The van der Waals surface area contributed by atoms with Crippen molar-refractivity contribution in [2.45, 2.75) is 20.3 Å². The van der Waals surface area contributed by atoms with Gasteiger partial charge in [-0.2, -0.15) is 0 Å². The van der Waals surface area contributed by atoms with Gasteiger partial charge in [0.25, 0.3) is 0 Å². The molecular formula is C11H12N2. The molecule has 0 aliphatic heterocycles. The van der Waals surface area contributed by atoms with Crippen molar-refractivity contribution in [3.63, 3.8) is 0 Å². The van der Waals surface area contributed by atoms with E-state index in [9.17, 15) is 0 Å². The summed E-state index contributed by atoms with van der Waals surface area (Å²) in [6.07, 6.45) is 2.79. The number of fused-ring (bicyclic) bond motifs is 1. The van der Waals surface area contributed by atoms with E-state index in [1.807, 2.05) is 25.3 Å². The van der Waals surface area contributed by atoms with Gasteiger partial charge >= 0.3 is 0 Å². The number of rotatable bonds is 1. The second-order valence-corrected chi connectivity index (χ2v) is 3.13. The first-order chi connectivity index (χ1) is 6.31. The van der Waals surface area contributed by atoms with E-state index in [1.54, 1.807) is 0 Å². The zero-order chi connectivity index (χ0) is 9.26. The van der Waals surface area contributed by atoms with Gasteiger partial charge in [0.15, 0.2) is 0 Å². The predicted molar refractivity (Wildman–Crippen MR) is 53.7 cm³/mol. The normalized spacial score (nSPS) is 10.6. The maximum Gasteiger partial charge on any atom is 0.0738 e. The monoisotopic (exact) mass is 172 g/mol. The van der Waals surface area contributed by atoms with Gasteiger partial charge in [0.2, 0.25) is 0 Å². The molecule has 66 valence electrons. The molecule has 2 rings (SSSR count). The van der Waals surface area contributed by atoms with Crippen LogP contribution in [0.1, 0.15) is 18.3 Å². The van der Waals surface area contributed by atoms with Gasteiger partial charge in [0.05, 0.1) is 5.52 Å². The summed E-state index contributed by atoms with van der Waals surface area (Å²) in [5.74, 6) is 0. The van der Waals surface area contributed by atoms with Crippen LogP contribution in [0.2, 0.25) is 0 Å². The van der Waals surface area contributed by atoms with Gasteiger partial charge in [-0.15, -0.1) is 0 Å². The van der Waals surface area contributed by atoms with E-state index < -0.39 is 0 Å². The highest BCUT2D eigenvalue weighted by atomic mass is 14.7. The molecular weight excluding hydrogens is 160 g/mol. The number of hydrogen-bond donors (Lipinski definition) is 0. The van der Waals surface area contributed by atoms with Crippen LogP contribution in [0, 0.1) is 6.92 Å². The average Bonchev–Trinajstić information content (AvgIpc) is 2.16. The molecule has 0 fully saturated rings. The molecule has 0 saturated carbocycles. The smallest absolute Gasteiger partial charge is 0.0738 e. The zero-order valence-corrected chi connectivity index (χ0v) is 7.91. The highest BCUT2D eigenvalue weighted by molar-refractivity contribution is 5.80. The maximum atomic E-state index is 4.44. The van der Waals surface area contributed by atoms with E-state index >= 15 is 0 Å². The minimum absolute atomic E-state index is 0.960. The van der Waals surface area contributed by atoms with Gasteiger partial charge in [-0.1, -0.05) is 6.92 Å². The van der Waals surface area contributed by atoms with Gasteiger partial charge in [0, 0.05) is 23.0 Å². The fourth-order valence-corrected chi connectivity index (χ4v) is 1.50. The number of nitrogens with zero attached hydrogens (tertiary/aromatic N) is 2. The number of aryl methyl sites for hydroxylation is 2. The van der Waals surface area contributed by atoms with Crippen molar-refractivity contribution in [3.8, 4) is 0 Å². The fourth-order valence-electron chi connectivity index (χ4n) is 1.50. The molecule has 0 unspecified atom stereocenters. The van der Waals surface area contributed by atoms with Crippen molar-refractivity contribution in [3.05, 3.63) is 35.8 Å². The Morgan fingerprint density at radius 2 is 2.08 bits per heavy atom. The summed E-state index contributed by atoms with van der Waals surface area (Å²) in [5.41, 5.74) is 3.23. The summed E-state index contributed by atoms with van der Waals surface area (Å²) in [6, 6.07) is 6.09. The lowest BCUT2D eigenvalue weighted by Gasteiger charge is -2.02.